The minimum Gasteiger partial charge on any atom is -0.370 e. The number of likely N-dealkylation sites (tertiary alicyclic amines) is 1. The average molecular weight is 415 g/mol. The zero-order valence-electron chi connectivity index (χ0n) is 12.3. The molecule has 1 heterocycles. The Morgan fingerprint density at radius 2 is 2.10 bits per heavy atom. The number of rotatable bonds is 4. The third-order valence-electron chi connectivity index (χ3n) is 4.08. The number of nitrogens with zero attached hydrogens (tertiary/aromatic N) is 2. The van der Waals surface area contributed by atoms with Gasteiger partial charge in [-0.3, -0.25) is 4.99 Å². The first-order chi connectivity index (χ1) is 8.80. The Labute approximate surface area is 139 Å². The molecule has 7 heteroatoms. The van der Waals surface area contributed by atoms with E-state index in [0.29, 0.717) is 18.4 Å². The van der Waals surface area contributed by atoms with E-state index in [-0.39, 0.29) is 35.1 Å². The summed E-state index contributed by atoms with van der Waals surface area (Å²) < 4.78 is 22.8. The third-order valence-corrected chi connectivity index (χ3v) is 5.22. The Morgan fingerprint density at radius 3 is 2.60 bits per heavy atom. The lowest BCUT2D eigenvalue weighted by molar-refractivity contribution is 0.270. The summed E-state index contributed by atoms with van der Waals surface area (Å²) in [4.78, 5) is 6.59. The third kappa shape index (κ3) is 5.38. The van der Waals surface area contributed by atoms with Gasteiger partial charge in [-0.25, -0.2) is 8.42 Å². The summed E-state index contributed by atoms with van der Waals surface area (Å²) in [6.07, 6.45) is 5.61. The lowest BCUT2D eigenvalue weighted by atomic mass is 10.0. The molecule has 0 aromatic rings. The molecular formula is C13H26IN3O2S. The van der Waals surface area contributed by atoms with E-state index in [1.165, 1.54) is 12.7 Å². The molecule has 1 unspecified atom stereocenters. The summed E-state index contributed by atoms with van der Waals surface area (Å²) >= 11 is 0. The molecule has 5 nitrogen and oxygen atoms in total. The fourth-order valence-corrected chi connectivity index (χ4v) is 4.32. The number of guanidine groups is 1. The zero-order valence-corrected chi connectivity index (χ0v) is 15.5. The van der Waals surface area contributed by atoms with Gasteiger partial charge in [0.25, 0.3) is 0 Å². The molecule has 0 amide bonds. The van der Waals surface area contributed by atoms with Crippen LogP contribution in [-0.4, -0.2) is 50.9 Å². The van der Waals surface area contributed by atoms with Crippen LogP contribution in [0.15, 0.2) is 4.99 Å². The fourth-order valence-electron chi connectivity index (χ4n) is 2.83. The van der Waals surface area contributed by atoms with E-state index in [2.05, 4.69) is 16.8 Å². The van der Waals surface area contributed by atoms with Crippen LogP contribution >= 0.6 is 24.0 Å². The second-order valence-corrected chi connectivity index (χ2v) is 8.58. The number of aliphatic imine (C=N–C) groups is 1. The van der Waals surface area contributed by atoms with Crippen LogP contribution in [0, 0.1) is 11.3 Å². The van der Waals surface area contributed by atoms with E-state index in [1.54, 1.807) is 0 Å². The van der Waals surface area contributed by atoms with Gasteiger partial charge in [0.05, 0.1) is 5.75 Å². The van der Waals surface area contributed by atoms with Gasteiger partial charge in [0.1, 0.15) is 9.84 Å². The van der Waals surface area contributed by atoms with E-state index >= 15 is 0 Å². The lowest BCUT2D eigenvalue weighted by Gasteiger charge is -2.31. The Hall–Kier alpha value is -0.0500. The molecule has 0 spiro atoms. The lowest BCUT2D eigenvalue weighted by Crippen LogP contribution is -2.43. The summed E-state index contributed by atoms with van der Waals surface area (Å²) in [7, 11) is -2.92. The second-order valence-electron chi connectivity index (χ2n) is 6.44. The maximum Gasteiger partial charge on any atom is 0.191 e. The molecule has 0 aromatic carbocycles. The van der Waals surface area contributed by atoms with E-state index < -0.39 is 9.84 Å². The number of nitrogens with two attached hydrogens (primary N) is 1. The Kier molecular flexibility index (Phi) is 6.13. The molecule has 0 aromatic heterocycles. The molecule has 1 atom stereocenters. The number of hydrogen-bond acceptors (Lipinski definition) is 3. The molecule has 0 bridgehead atoms. The topological polar surface area (TPSA) is 75.8 Å². The van der Waals surface area contributed by atoms with Gasteiger partial charge in [0, 0.05) is 31.3 Å². The van der Waals surface area contributed by atoms with Crippen molar-refractivity contribution in [2.24, 2.45) is 22.1 Å². The van der Waals surface area contributed by atoms with Crippen LogP contribution in [0.3, 0.4) is 0 Å². The maximum absolute atomic E-state index is 11.4. The van der Waals surface area contributed by atoms with Crippen LogP contribution in [0.1, 0.15) is 32.6 Å². The van der Waals surface area contributed by atoms with Crippen molar-refractivity contribution in [1.29, 1.82) is 0 Å². The fraction of sp³-hybridized carbons (Fsp3) is 0.923. The van der Waals surface area contributed by atoms with Crippen molar-refractivity contribution in [3.8, 4) is 0 Å². The highest BCUT2D eigenvalue weighted by atomic mass is 127. The molecule has 2 N–H and O–H groups in total. The number of hydrogen-bond donors (Lipinski definition) is 1. The van der Waals surface area contributed by atoms with Gasteiger partial charge in [0.15, 0.2) is 5.96 Å². The average Bonchev–Trinajstić information content (AvgIpc) is 3.04. The normalized spacial score (nSPS) is 26.0. The van der Waals surface area contributed by atoms with Crippen LogP contribution in [0.25, 0.3) is 0 Å². The molecule has 2 aliphatic rings. The SMILES string of the molecule is CC1CCCN(C(N)=NCC2(CS(C)(=O)=O)CC2)C1.I. The van der Waals surface area contributed by atoms with Crippen molar-refractivity contribution >= 4 is 39.8 Å². The minimum atomic E-state index is -2.92. The van der Waals surface area contributed by atoms with Crippen molar-refractivity contribution in [2.45, 2.75) is 32.6 Å². The molecule has 2 fully saturated rings. The smallest absolute Gasteiger partial charge is 0.191 e. The number of piperidine rings is 1. The summed E-state index contributed by atoms with van der Waals surface area (Å²) in [6.45, 7) is 4.72. The van der Waals surface area contributed by atoms with Gasteiger partial charge in [-0.2, -0.15) is 0 Å². The van der Waals surface area contributed by atoms with Crippen LogP contribution in [0.5, 0.6) is 0 Å². The molecule has 1 aliphatic heterocycles. The number of sulfone groups is 1. The van der Waals surface area contributed by atoms with Gasteiger partial charge in [-0.1, -0.05) is 6.92 Å². The van der Waals surface area contributed by atoms with E-state index in [4.69, 9.17) is 5.73 Å². The summed E-state index contributed by atoms with van der Waals surface area (Å²) in [5, 5.41) is 0. The predicted molar refractivity (Wildman–Crippen MR) is 93.3 cm³/mol. The van der Waals surface area contributed by atoms with Gasteiger partial charge in [-0.05, 0) is 31.6 Å². The largest absolute Gasteiger partial charge is 0.370 e. The first-order valence-corrected chi connectivity index (χ1v) is 9.08. The van der Waals surface area contributed by atoms with Crippen LogP contribution in [0.2, 0.25) is 0 Å². The summed E-state index contributed by atoms with van der Waals surface area (Å²) in [6, 6.07) is 0. The standard InChI is InChI=1S/C13H25N3O2S.HI/c1-11-4-3-7-16(8-11)12(14)15-9-13(5-6-13)10-19(2,17)18;/h11H,3-10H2,1-2H3,(H2,14,15);1H. The van der Waals surface area contributed by atoms with Crippen LogP contribution in [-0.2, 0) is 9.84 Å². The zero-order chi connectivity index (χ0) is 14.1. The molecule has 118 valence electrons. The van der Waals surface area contributed by atoms with E-state index in [9.17, 15) is 8.42 Å². The predicted octanol–water partition coefficient (Wildman–Crippen LogP) is 1.48. The quantitative estimate of drug-likeness (QED) is 0.429. The molecule has 0 radical (unpaired) electrons. The first kappa shape index (κ1) is 18.0. The van der Waals surface area contributed by atoms with Crippen molar-refractivity contribution in [3.63, 3.8) is 0 Å². The Bertz CT molecular complexity index is 460. The first-order valence-electron chi connectivity index (χ1n) is 7.02. The second kappa shape index (κ2) is 6.81. The van der Waals surface area contributed by atoms with Crippen LogP contribution < -0.4 is 5.73 Å². The Morgan fingerprint density at radius 1 is 1.45 bits per heavy atom. The van der Waals surface area contributed by atoms with Gasteiger partial charge < -0.3 is 10.6 Å². The van der Waals surface area contributed by atoms with E-state index in [1.807, 2.05) is 0 Å². The molecule has 1 saturated heterocycles. The van der Waals surface area contributed by atoms with Crippen molar-refractivity contribution in [3.05, 3.63) is 0 Å². The molecule has 1 saturated carbocycles. The Balaban J connectivity index is 0.00000200. The molecular weight excluding hydrogens is 389 g/mol. The monoisotopic (exact) mass is 415 g/mol. The highest BCUT2D eigenvalue weighted by Gasteiger charge is 2.45. The summed E-state index contributed by atoms with van der Waals surface area (Å²) in [5.74, 6) is 1.49. The summed E-state index contributed by atoms with van der Waals surface area (Å²) in [5.41, 5.74) is 5.91. The van der Waals surface area contributed by atoms with Crippen molar-refractivity contribution < 1.29 is 8.42 Å². The number of halogens is 1. The van der Waals surface area contributed by atoms with Gasteiger partial charge in [-0.15, -0.1) is 24.0 Å². The van der Waals surface area contributed by atoms with Crippen molar-refractivity contribution in [1.82, 2.24) is 4.90 Å². The highest BCUT2D eigenvalue weighted by Crippen LogP contribution is 2.46. The highest BCUT2D eigenvalue weighted by molar-refractivity contribution is 14.0. The van der Waals surface area contributed by atoms with Gasteiger partial charge >= 0.3 is 0 Å². The maximum atomic E-state index is 11.4. The molecule has 1 aliphatic carbocycles. The van der Waals surface area contributed by atoms with Crippen molar-refractivity contribution in [2.75, 3.05) is 31.6 Å². The van der Waals surface area contributed by atoms with E-state index in [0.717, 1.165) is 32.4 Å². The molecule has 2 rings (SSSR count). The van der Waals surface area contributed by atoms with Crippen LogP contribution in [0.4, 0.5) is 0 Å². The molecule has 20 heavy (non-hydrogen) atoms. The minimum absolute atomic E-state index is 0. The van der Waals surface area contributed by atoms with Gasteiger partial charge in [0.2, 0.25) is 0 Å².